The molecule has 1 aromatic carbocycles. The predicted octanol–water partition coefficient (Wildman–Crippen LogP) is 0.570. The van der Waals surface area contributed by atoms with Crippen molar-refractivity contribution in [3.8, 4) is 0 Å². The summed E-state index contributed by atoms with van der Waals surface area (Å²) in [6.07, 6.45) is 2.44. The van der Waals surface area contributed by atoms with Crippen LogP contribution in [0.2, 0.25) is 0 Å². The average Bonchev–Trinajstić information content (AvgIpc) is 2.93. The Hall–Kier alpha value is -2.35. The second kappa shape index (κ2) is 5.11. The fourth-order valence-corrected chi connectivity index (χ4v) is 2.48. The fraction of sp³-hybridized carbons (Fsp3) is 0.0909. The van der Waals surface area contributed by atoms with Gasteiger partial charge < -0.3 is 5.32 Å². The van der Waals surface area contributed by atoms with Gasteiger partial charge in [0.1, 0.15) is 4.90 Å². The van der Waals surface area contributed by atoms with E-state index in [1.807, 2.05) is 0 Å². The van der Waals surface area contributed by atoms with Gasteiger partial charge in [0.05, 0.1) is 17.4 Å². The smallest absolute Gasteiger partial charge is 0.265 e. The summed E-state index contributed by atoms with van der Waals surface area (Å²) in [5.74, 6) is -0.370. The van der Waals surface area contributed by atoms with E-state index in [4.69, 9.17) is 0 Å². The number of carbonyl (C=O) groups excluding carboxylic acids is 1. The molecule has 0 unspecified atom stereocenters. The van der Waals surface area contributed by atoms with Gasteiger partial charge in [0.2, 0.25) is 0 Å². The van der Waals surface area contributed by atoms with E-state index in [1.54, 1.807) is 12.1 Å². The number of sulfonamides is 1. The van der Waals surface area contributed by atoms with Crippen LogP contribution in [0.3, 0.4) is 0 Å². The number of carbonyl (C=O) groups is 1. The molecule has 2 aromatic rings. The van der Waals surface area contributed by atoms with Gasteiger partial charge in [0, 0.05) is 13.2 Å². The topological polar surface area (TPSA) is 104 Å². The van der Waals surface area contributed by atoms with E-state index in [1.165, 1.54) is 31.6 Å². The van der Waals surface area contributed by atoms with Gasteiger partial charge in [-0.1, -0.05) is 12.1 Å². The molecule has 0 spiro atoms. The Labute approximate surface area is 110 Å². The van der Waals surface area contributed by atoms with Crippen LogP contribution in [0.25, 0.3) is 0 Å². The van der Waals surface area contributed by atoms with Crippen molar-refractivity contribution in [3.05, 3.63) is 42.2 Å². The number of rotatable bonds is 4. The van der Waals surface area contributed by atoms with Gasteiger partial charge in [-0.25, -0.2) is 8.42 Å². The Kier molecular flexibility index (Phi) is 3.52. The fourth-order valence-electron chi connectivity index (χ4n) is 1.49. The molecule has 3 N–H and O–H groups in total. The molecule has 1 heterocycles. The first-order chi connectivity index (χ1) is 9.04. The number of nitrogens with one attached hydrogen (secondary N) is 3. The minimum atomic E-state index is -3.76. The van der Waals surface area contributed by atoms with E-state index in [0.29, 0.717) is 0 Å². The SMILES string of the molecule is CNC(=O)c1ccccc1NS(=O)(=O)c1cn[nH]c1. The van der Waals surface area contributed by atoms with Crippen LogP contribution in [-0.4, -0.2) is 31.6 Å². The van der Waals surface area contributed by atoms with Crippen LogP contribution in [0.4, 0.5) is 5.69 Å². The molecule has 2 rings (SSSR count). The number of hydrogen-bond donors (Lipinski definition) is 3. The molecule has 0 radical (unpaired) electrons. The van der Waals surface area contributed by atoms with E-state index in [9.17, 15) is 13.2 Å². The average molecular weight is 280 g/mol. The lowest BCUT2D eigenvalue weighted by atomic mass is 10.2. The molecular formula is C11H12N4O3S. The molecule has 8 heteroatoms. The minimum absolute atomic E-state index is 0.000732. The summed E-state index contributed by atoms with van der Waals surface area (Å²) in [6, 6.07) is 6.34. The second-order valence-corrected chi connectivity index (χ2v) is 5.35. The molecule has 1 amide bonds. The van der Waals surface area contributed by atoms with Crippen LogP contribution in [0.5, 0.6) is 0 Å². The Morgan fingerprint density at radius 1 is 1.32 bits per heavy atom. The Morgan fingerprint density at radius 2 is 2.05 bits per heavy atom. The highest BCUT2D eigenvalue weighted by Gasteiger charge is 2.18. The molecule has 0 saturated carbocycles. The number of hydrogen-bond acceptors (Lipinski definition) is 4. The van der Waals surface area contributed by atoms with Gasteiger partial charge in [-0.2, -0.15) is 5.10 Å². The van der Waals surface area contributed by atoms with Crippen molar-refractivity contribution in [2.24, 2.45) is 0 Å². The van der Waals surface area contributed by atoms with E-state index in [0.717, 1.165) is 0 Å². The van der Waals surface area contributed by atoms with Gasteiger partial charge in [-0.3, -0.25) is 14.6 Å². The zero-order valence-corrected chi connectivity index (χ0v) is 10.9. The van der Waals surface area contributed by atoms with E-state index < -0.39 is 10.0 Å². The number of amides is 1. The van der Waals surface area contributed by atoms with E-state index in [-0.39, 0.29) is 22.1 Å². The zero-order valence-electron chi connectivity index (χ0n) is 10.0. The Morgan fingerprint density at radius 3 is 2.68 bits per heavy atom. The van der Waals surface area contributed by atoms with Gasteiger partial charge in [-0.05, 0) is 12.1 Å². The lowest BCUT2D eigenvalue weighted by Crippen LogP contribution is -2.21. The number of nitrogens with zero attached hydrogens (tertiary/aromatic N) is 1. The van der Waals surface area contributed by atoms with Crippen LogP contribution < -0.4 is 10.0 Å². The normalized spacial score (nSPS) is 11.0. The Balaban J connectivity index is 2.37. The number of para-hydroxylation sites is 1. The van der Waals surface area contributed by atoms with E-state index in [2.05, 4.69) is 20.2 Å². The van der Waals surface area contributed by atoms with Crippen LogP contribution >= 0.6 is 0 Å². The molecule has 0 aliphatic rings. The van der Waals surface area contributed by atoms with Gasteiger partial charge >= 0.3 is 0 Å². The standard InChI is InChI=1S/C11H12N4O3S/c1-12-11(16)9-4-2-3-5-10(9)15-19(17,18)8-6-13-14-7-8/h2-7,15H,1H3,(H,12,16)(H,13,14). The molecule has 0 atom stereocenters. The van der Waals surface area contributed by atoms with Crippen molar-refractivity contribution in [1.82, 2.24) is 15.5 Å². The van der Waals surface area contributed by atoms with Gasteiger partial charge in [0.15, 0.2) is 0 Å². The van der Waals surface area contributed by atoms with Crippen LogP contribution in [-0.2, 0) is 10.0 Å². The number of aromatic nitrogens is 2. The largest absolute Gasteiger partial charge is 0.355 e. The third-order valence-corrected chi connectivity index (χ3v) is 3.76. The first-order valence-electron chi connectivity index (χ1n) is 5.37. The van der Waals surface area contributed by atoms with Crippen molar-refractivity contribution >= 4 is 21.6 Å². The highest BCUT2D eigenvalue weighted by molar-refractivity contribution is 7.92. The number of benzene rings is 1. The maximum atomic E-state index is 12.0. The van der Waals surface area contributed by atoms with Crippen LogP contribution in [0.15, 0.2) is 41.6 Å². The maximum absolute atomic E-state index is 12.0. The second-order valence-electron chi connectivity index (χ2n) is 3.66. The van der Waals surface area contributed by atoms with Gasteiger partial charge in [0.25, 0.3) is 15.9 Å². The molecule has 0 aliphatic heterocycles. The summed E-state index contributed by atoms with van der Waals surface area (Å²) in [5.41, 5.74) is 0.458. The lowest BCUT2D eigenvalue weighted by molar-refractivity contribution is 0.0964. The number of H-pyrrole nitrogens is 1. The molecule has 0 aliphatic carbocycles. The quantitative estimate of drug-likeness (QED) is 0.761. The van der Waals surface area contributed by atoms with E-state index >= 15 is 0 Å². The third kappa shape index (κ3) is 2.74. The summed E-state index contributed by atoms with van der Waals surface area (Å²) >= 11 is 0. The minimum Gasteiger partial charge on any atom is -0.355 e. The van der Waals surface area contributed by atoms with Crippen molar-refractivity contribution in [2.45, 2.75) is 4.90 Å². The summed E-state index contributed by atoms with van der Waals surface area (Å²) in [7, 11) is -2.28. The molecule has 7 nitrogen and oxygen atoms in total. The Bertz CT molecular complexity index is 680. The predicted molar refractivity (Wildman–Crippen MR) is 69.2 cm³/mol. The van der Waals surface area contributed by atoms with Crippen molar-refractivity contribution in [1.29, 1.82) is 0 Å². The maximum Gasteiger partial charge on any atom is 0.265 e. The van der Waals surface area contributed by atoms with Crippen LogP contribution in [0, 0.1) is 0 Å². The number of anilines is 1. The highest BCUT2D eigenvalue weighted by Crippen LogP contribution is 2.19. The van der Waals surface area contributed by atoms with Crippen molar-refractivity contribution in [3.63, 3.8) is 0 Å². The van der Waals surface area contributed by atoms with Gasteiger partial charge in [-0.15, -0.1) is 0 Å². The molecule has 0 saturated heterocycles. The first-order valence-corrected chi connectivity index (χ1v) is 6.85. The lowest BCUT2D eigenvalue weighted by Gasteiger charge is -2.10. The molecule has 100 valence electrons. The summed E-state index contributed by atoms with van der Waals surface area (Å²) in [5, 5.41) is 8.45. The monoisotopic (exact) mass is 280 g/mol. The van der Waals surface area contributed by atoms with Crippen LogP contribution in [0.1, 0.15) is 10.4 Å². The first kappa shape index (κ1) is 13.1. The molecule has 0 fully saturated rings. The molecule has 0 bridgehead atoms. The summed E-state index contributed by atoms with van der Waals surface area (Å²) in [6.45, 7) is 0. The van der Waals surface area contributed by atoms with Crippen molar-refractivity contribution in [2.75, 3.05) is 11.8 Å². The third-order valence-electron chi connectivity index (χ3n) is 2.43. The summed E-state index contributed by atoms with van der Waals surface area (Å²) < 4.78 is 26.4. The molecule has 1 aromatic heterocycles. The molecule has 19 heavy (non-hydrogen) atoms. The highest BCUT2D eigenvalue weighted by atomic mass is 32.2. The zero-order chi connectivity index (χ0) is 13.9. The summed E-state index contributed by atoms with van der Waals surface area (Å²) in [4.78, 5) is 11.6. The van der Waals surface area contributed by atoms with Crippen molar-refractivity contribution < 1.29 is 13.2 Å². The molecular weight excluding hydrogens is 268 g/mol. The number of aromatic amines is 1.